The third-order valence-electron chi connectivity index (χ3n) is 4.94. The first-order valence-corrected chi connectivity index (χ1v) is 10.1. The largest absolute Gasteiger partial charge is 0.481 e. The Morgan fingerprint density at radius 2 is 1.59 bits per heavy atom. The second-order valence-corrected chi connectivity index (χ2v) is 8.61. The summed E-state index contributed by atoms with van der Waals surface area (Å²) in [5.74, 6) is -0.988. The van der Waals surface area contributed by atoms with Crippen molar-refractivity contribution in [2.75, 3.05) is 13.1 Å². The van der Waals surface area contributed by atoms with Crippen LogP contribution in [0.3, 0.4) is 0 Å². The fraction of sp³-hybridized carbons (Fsp3) is 0.850. The fourth-order valence-electron chi connectivity index (χ4n) is 3.28. The van der Waals surface area contributed by atoms with Gasteiger partial charge in [0.05, 0.1) is 6.10 Å². The van der Waals surface area contributed by atoms with Gasteiger partial charge < -0.3 is 20.4 Å². The first-order chi connectivity index (χ1) is 12.6. The van der Waals surface area contributed by atoms with E-state index in [1.165, 1.54) is 0 Å². The zero-order chi connectivity index (χ0) is 20.4. The molecule has 1 rings (SSSR count). The highest BCUT2D eigenvalue weighted by Gasteiger charge is 2.37. The molecule has 1 fully saturated rings. The van der Waals surface area contributed by atoms with E-state index >= 15 is 0 Å². The Labute approximate surface area is 162 Å². The van der Waals surface area contributed by atoms with Gasteiger partial charge in [-0.2, -0.15) is 0 Å². The van der Waals surface area contributed by atoms with Crippen molar-refractivity contribution < 1.29 is 24.6 Å². The Morgan fingerprint density at radius 1 is 1.04 bits per heavy atom. The van der Waals surface area contributed by atoms with E-state index in [0.717, 1.165) is 32.1 Å². The second kappa shape index (κ2) is 11.3. The molecule has 0 bridgehead atoms. The molecular formula is C20H36N2O5. The monoisotopic (exact) mass is 384 g/mol. The minimum Gasteiger partial charge on any atom is -0.481 e. The molecule has 0 radical (unpaired) electrons. The minimum absolute atomic E-state index is 0.117. The van der Waals surface area contributed by atoms with Crippen LogP contribution in [0.1, 0.15) is 78.6 Å². The van der Waals surface area contributed by atoms with Gasteiger partial charge in [-0.1, -0.05) is 46.5 Å². The highest BCUT2D eigenvalue weighted by Crippen LogP contribution is 2.23. The van der Waals surface area contributed by atoms with Crippen LogP contribution in [0.15, 0.2) is 0 Å². The van der Waals surface area contributed by atoms with E-state index < -0.39 is 23.5 Å². The number of nitrogens with zero attached hydrogens (tertiary/aromatic N) is 1. The van der Waals surface area contributed by atoms with Crippen molar-refractivity contribution in [3.05, 3.63) is 0 Å². The molecule has 0 spiro atoms. The summed E-state index contributed by atoms with van der Waals surface area (Å²) in [5.41, 5.74) is -0.398. The van der Waals surface area contributed by atoms with Gasteiger partial charge in [-0.05, 0) is 24.7 Å². The van der Waals surface area contributed by atoms with Crippen molar-refractivity contribution in [3.63, 3.8) is 0 Å². The number of amides is 2. The average Bonchev–Trinajstić information content (AvgIpc) is 2.99. The third kappa shape index (κ3) is 9.22. The minimum atomic E-state index is -0.752. The highest BCUT2D eigenvalue weighted by molar-refractivity contribution is 5.88. The van der Waals surface area contributed by atoms with Crippen LogP contribution in [-0.2, 0) is 14.4 Å². The van der Waals surface area contributed by atoms with E-state index in [-0.39, 0.29) is 18.2 Å². The van der Waals surface area contributed by atoms with Gasteiger partial charge >= 0.3 is 5.97 Å². The van der Waals surface area contributed by atoms with Crippen LogP contribution in [0, 0.1) is 5.41 Å². The highest BCUT2D eigenvalue weighted by atomic mass is 16.4. The van der Waals surface area contributed by atoms with Crippen LogP contribution in [0.4, 0.5) is 0 Å². The van der Waals surface area contributed by atoms with Crippen molar-refractivity contribution >= 4 is 17.8 Å². The van der Waals surface area contributed by atoms with Gasteiger partial charge in [0, 0.05) is 25.9 Å². The summed E-state index contributed by atoms with van der Waals surface area (Å²) in [5, 5.41) is 21.1. The number of hydrogen-bond donors (Lipinski definition) is 3. The third-order valence-corrected chi connectivity index (χ3v) is 4.94. The van der Waals surface area contributed by atoms with Crippen LogP contribution < -0.4 is 5.32 Å². The van der Waals surface area contributed by atoms with Crippen LogP contribution >= 0.6 is 0 Å². The van der Waals surface area contributed by atoms with E-state index in [1.54, 1.807) is 4.90 Å². The average molecular weight is 385 g/mol. The summed E-state index contributed by atoms with van der Waals surface area (Å²) in [7, 11) is 0. The molecule has 0 aromatic carbocycles. The summed E-state index contributed by atoms with van der Waals surface area (Å²) < 4.78 is 0. The SMILES string of the molecule is CC(C)(C)[C@H](NC(=O)CCCCCCCCC(=O)O)C(=O)N1CC[C@@H](O)C1. The maximum Gasteiger partial charge on any atom is 0.303 e. The van der Waals surface area contributed by atoms with Gasteiger partial charge in [0.1, 0.15) is 6.04 Å². The molecule has 0 aliphatic carbocycles. The molecule has 7 nitrogen and oxygen atoms in total. The number of aliphatic hydroxyl groups excluding tert-OH is 1. The molecule has 1 saturated heterocycles. The zero-order valence-electron chi connectivity index (χ0n) is 17.0. The number of aliphatic carboxylic acids is 1. The Bertz CT molecular complexity index is 501. The first kappa shape index (κ1) is 23.4. The number of carboxylic acid groups (broad SMARTS) is 1. The zero-order valence-corrected chi connectivity index (χ0v) is 17.0. The fourth-order valence-corrected chi connectivity index (χ4v) is 3.28. The lowest BCUT2D eigenvalue weighted by Crippen LogP contribution is -2.54. The van der Waals surface area contributed by atoms with E-state index in [9.17, 15) is 19.5 Å². The molecule has 0 aromatic rings. The molecule has 2 amide bonds. The second-order valence-electron chi connectivity index (χ2n) is 8.61. The van der Waals surface area contributed by atoms with Crippen LogP contribution in [-0.4, -0.2) is 58.1 Å². The molecule has 1 aliphatic heterocycles. The molecule has 1 heterocycles. The van der Waals surface area contributed by atoms with Crippen molar-refractivity contribution in [2.45, 2.75) is 90.7 Å². The lowest BCUT2D eigenvalue weighted by molar-refractivity contribution is -0.139. The number of nitrogens with one attached hydrogen (secondary N) is 1. The van der Waals surface area contributed by atoms with Crippen LogP contribution in [0.2, 0.25) is 0 Å². The quantitative estimate of drug-likeness (QED) is 0.474. The Kier molecular flexibility index (Phi) is 9.77. The number of unbranched alkanes of at least 4 members (excludes halogenated alkanes) is 5. The smallest absolute Gasteiger partial charge is 0.303 e. The molecule has 7 heteroatoms. The van der Waals surface area contributed by atoms with E-state index in [1.807, 2.05) is 20.8 Å². The lowest BCUT2D eigenvalue weighted by Gasteiger charge is -2.33. The van der Waals surface area contributed by atoms with Gasteiger partial charge in [0.2, 0.25) is 11.8 Å². The molecule has 3 N–H and O–H groups in total. The number of likely N-dealkylation sites (tertiary alicyclic amines) is 1. The maximum absolute atomic E-state index is 12.8. The van der Waals surface area contributed by atoms with Crippen molar-refractivity contribution in [1.82, 2.24) is 10.2 Å². The van der Waals surface area contributed by atoms with Crippen molar-refractivity contribution in [3.8, 4) is 0 Å². The topological polar surface area (TPSA) is 107 Å². The lowest BCUT2D eigenvalue weighted by atomic mass is 9.85. The summed E-state index contributed by atoms with van der Waals surface area (Å²) in [6.45, 7) is 6.66. The molecule has 0 saturated carbocycles. The first-order valence-electron chi connectivity index (χ1n) is 10.1. The van der Waals surface area contributed by atoms with E-state index in [2.05, 4.69) is 5.32 Å². The molecule has 2 atom stereocenters. The molecule has 156 valence electrons. The van der Waals surface area contributed by atoms with Gasteiger partial charge in [-0.3, -0.25) is 14.4 Å². The summed E-state index contributed by atoms with van der Waals surface area (Å²) in [6, 6.07) is -0.591. The number of carbonyl (C=O) groups is 3. The molecule has 0 unspecified atom stereocenters. The molecule has 1 aliphatic rings. The summed E-state index contributed by atoms with van der Waals surface area (Å²) in [6.07, 6.45) is 5.98. The molecule has 27 heavy (non-hydrogen) atoms. The molecular weight excluding hydrogens is 348 g/mol. The summed E-state index contributed by atoms with van der Waals surface area (Å²) in [4.78, 5) is 37.1. The Morgan fingerprint density at radius 3 is 2.07 bits per heavy atom. The standard InChI is InChI=1S/C20H36N2O5/c1-20(2,3)18(19(27)22-13-12-15(23)14-22)21-16(24)10-8-6-4-5-7-9-11-17(25)26/h15,18,23H,4-14H2,1-3H3,(H,21,24)(H,25,26)/t15-,18-/m1/s1. The van der Waals surface area contributed by atoms with Gasteiger partial charge in [-0.25, -0.2) is 0 Å². The normalized spacial score (nSPS) is 18.4. The predicted molar refractivity (Wildman–Crippen MR) is 103 cm³/mol. The summed E-state index contributed by atoms with van der Waals surface area (Å²) >= 11 is 0. The Balaban J connectivity index is 2.31. The van der Waals surface area contributed by atoms with Crippen LogP contribution in [0.25, 0.3) is 0 Å². The van der Waals surface area contributed by atoms with Gasteiger partial charge in [0.25, 0.3) is 0 Å². The maximum atomic E-state index is 12.8. The number of carboxylic acids is 1. The van der Waals surface area contributed by atoms with E-state index in [4.69, 9.17) is 5.11 Å². The number of aliphatic hydroxyl groups is 1. The van der Waals surface area contributed by atoms with E-state index in [0.29, 0.717) is 32.4 Å². The number of β-amino-alcohol motifs (C(OH)–C–C–N with tert-alkyl or cyclic N) is 1. The number of hydrogen-bond acceptors (Lipinski definition) is 4. The predicted octanol–water partition coefficient (Wildman–Crippen LogP) is 2.32. The number of rotatable bonds is 11. The Hall–Kier alpha value is -1.63. The van der Waals surface area contributed by atoms with Crippen molar-refractivity contribution in [2.24, 2.45) is 5.41 Å². The van der Waals surface area contributed by atoms with Crippen molar-refractivity contribution in [1.29, 1.82) is 0 Å². The van der Waals surface area contributed by atoms with Crippen LogP contribution in [0.5, 0.6) is 0 Å². The van der Waals surface area contributed by atoms with Gasteiger partial charge in [0.15, 0.2) is 0 Å². The number of carbonyl (C=O) groups excluding carboxylic acids is 2. The van der Waals surface area contributed by atoms with Gasteiger partial charge in [-0.15, -0.1) is 0 Å². The molecule has 0 aromatic heterocycles.